The van der Waals surface area contributed by atoms with Crippen LogP contribution in [-0.2, 0) is 4.79 Å². The Balaban J connectivity index is 1.35. The van der Waals surface area contributed by atoms with E-state index in [2.05, 4.69) is 30.8 Å². The summed E-state index contributed by atoms with van der Waals surface area (Å²) < 4.78 is 0. The summed E-state index contributed by atoms with van der Waals surface area (Å²) in [6.07, 6.45) is 8.16. The van der Waals surface area contributed by atoms with E-state index in [-0.39, 0.29) is 11.1 Å². The predicted molar refractivity (Wildman–Crippen MR) is 110 cm³/mol. The minimum Gasteiger partial charge on any atom is -0.350 e. The molecule has 1 unspecified atom stereocenters. The fourth-order valence-electron chi connectivity index (χ4n) is 4.04. The molecule has 28 heavy (non-hydrogen) atoms. The molecule has 0 bridgehead atoms. The van der Waals surface area contributed by atoms with Gasteiger partial charge in [0.2, 0.25) is 5.95 Å². The summed E-state index contributed by atoms with van der Waals surface area (Å²) >= 11 is 0.896. The fourth-order valence-corrected chi connectivity index (χ4v) is 4.71. The number of carbonyl (C=O) groups is 2. The van der Waals surface area contributed by atoms with E-state index in [1.54, 1.807) is 18.3 Å². The average Bonchev–Trinajstić information content (AvgIpc) is 3.00. The van der Waals surface area contributed by atoms with E-state index in [1.165, 1.54) is 19.3 Å². The largest absolute Gasteiger partial charge is 0.350 e. The lowest BCUT2D eigenvalue weighted by molar-refractivity contribution is -0.115. The highest BCUT2D eigenvalue weighted by Gasteiger charge is 2.26. The van der Waals surface area contributed by atoms with Crippen molar-refractivity contribution >= 4 is 34.9 Å². The highest BCUT2D eigenvalue weighted by molar-refractivity contribution is 8.18. The lowest BCUT2D eigenvalue weighted by Crippen LogP contribution is -2.46. The molecule has 2 amide bonds. The van der Waals surface area contributed by atoms with Crippen molar-refractivity contribution in [3.05, 3.63) is 22.9 Å². The van der Waals surface area contributed by atoms with Gasteiger partial charge in [0, 0.05) is 25.3 Å². The SMILES string of the molecule is O=C1NC(=O)/C(=C\c2ccnc(N[C@H]3CCCN(CC4CCCNC4)C3)n2)S1. The Hall–Kier alpha value is -1.97. The number of nitrogens with zero attached hydrogens (tertiary/aromatic N) is 3. The number of rotatable bonds is 5. The van der Waals surface area contributed by atoms with Crippen molar-refractivity contribution in [1.29, 1.82) is 0 Å². The third kappa shape index (κ3) is 5.09. The molecule has 150 valence electrons. The number of carbonyl (C=O) groups excluding carboxylic acids is 2. The first-order valence-electron chi connectivity index (χ1n) is 9.93. The van der Waals surface area contributed by atoms with Gasteiger partial charge in [-0.2, -0.15) is 0 Å². The number of nitrogens with one attached hydrogen (secondary N) is 3. The van der Waals surface area contributed by atoms with Crippen molar-refractivity contribution in [1.82, 2.24) is 25.5 Å². The fraction of sp³-hybridized carbons (Fsp3) is 0.579. The lowest BCUT2D eigenvalue weighted by Gasteiger charge is -2.36. The number of piperidine rings is 2. The van der Waals surface area contributed by atoms with E-state index in [4.69, 9.17) is 0 Å². The molecule has 1 aromatic heterocycles. The summed E-state index contributed by atoms with van der Waals surface area (Å²) in [5.74, 6) is 0.940. The van der Waals surface area contributed by atoms with Gasteiger partial charge in [-0.1, -0.05) is 0 Å². The van der Waals surface area contributed by atoms with Gasteiger partial charge in [-0.25, -0.2) is 9.97 Å². The van der Waals surface area contributed by atoms with Crippen LogP contribution < -0.4 is 16.0 Å². The molecule has 0 spiro atoms. The first-order valence-corrected chi connectivity index (χ1v) is 10.7. The van der Waals surface area contributed by atoms with E-state index < -0.39 is 0 Å². The van der Waals surface area contributed by atoms with Gasteiger partial charge in [0.25, 0.3) is 11.1 Å². The number of hydrogen-bond donors (Lipinski definition) is 3. The van der Waals surface area contributed by atoms with E-state index in [9.17, 15) is 9.59 Å². The van der Waals surface area contributed by atoms with Crippen LogP contribution in [0.15, 0.2) is 17.2 Å². The van der Waals surface area contributed by atoms with Crippen LogP contribution in [0.2, 0.25) is 0 Å². The molecule has 0 aliphatic carbocycles. The predicted octanol–water partition coefficient (Wildman–Crippen LogP) is 1.68. The third-order valence-electron chi connectivity index (χ3n) is 5.35. The minimum atomic E-state index is -0.372. The molecule has 3 saturated heterocycles. The number of thioether (sulfide) groups is 1. The number of anilines is 1. The summed E-state index contributed by atoms with van der Waals surface area (Å²) in [6.45, 7) is 5.58. The van der Waals surface area contributed by atoms with Crippen molar-refractivity contribution in [3.8, 4) is 0 Å². The smallest absolute Gasteiger partial charge is 0.290 e. The summed E-state index contributed by atoms with van der Waals surface area (Å²) in [5.41, 5.74) is 0.616. The third-order valence-corrected chi connectivity index (χ3v) is 6.16. The lowest BCUT2D eigenvalue weighted by atomic mass is 9.97. The molecule has 4 rings (SSSR count). The number of aromatic nitrogens is 2. The molecule has 2 atom stereocenters. The normalized spacial score (nSPS) is 27.8. The van der Waals surface area contributed by atoms with Gasteiger partial charge in [-0.3, -0.25) is 14.9 Å². The molecule has 0 saturated carbocycles. The highest BCUT2D eigenvalue weighted by atomic mass is 32.2. The van der Waals surface area contributed by atoms with Crippen LogP contribution in [0.4, 0.5) is 10.7 Å². The Kier molecular flexibility index (Phi) is 6.23. The highest BCUT2D eigenvalue weighted by Crippen LogP contribution is 2.25. The Morgan fingerprint density at radius 3 is 3.04 bits per heavy atom. The van der Waals surface area contributed by atoms with Crippen molar-refractivity contribution in [2.45, 2.75) is 31.7 Å². The van der Waals surface area contributed by atoms with Crippen molar-refractivity contribution < 1.29 is 9.59 Å². The summed E-state index contributed by atoms with van der Waals surface area (Å²) in [4.78, 5) is 34.7. The Bertz CT molecular complexity index is 765. The first-order chi connectivity index (χ1) is 13.7. The zero-order chi connectivity index (χ0) is 19.3. The van der Waals surface area contributed by atoms with Gasteiger partial charge in [-0.05, 0) is 75.1 Å². The second kappa shape index (κ2) is 9.02. The number of imide groups is 1. The van der Waals surface area contributed by atoms with Gasteiger partial charge in [0.05, 0.1) is 10.6 Å². The second-order valence-corrected chi connectivity index (χ2v) is 8.63. The van der Waals surface area contributed by atoms with E-state index >= 15 is 0 Å². The molecular formula is C19H26N6O2S. The Labute approximate surface area is 168 Å². The maximum Gasteiger partial charge on any atom is 0.290 e. The van der Waals surface area contributed by atoms with Crippen molar-refractivity contribution in [2.24, 2.45) is 5.92 Å². The van der Waals surface area contributed by atoms with Gasteiger partial charge in [0.15, 0.2) is 0 Å². The summed E-state index contributed by atoms with van der Waals surface area (Å²) in [6, 6.07) is 2.05. The quantitative estimate of drug-likeness (QED) is 0.640. The molecular weight excluding hydrogens is 376 g/mol. The Morgan fingerprint density at radius 1 is 1.32 bits per heavy atom. The topological polar surface area (TPSA) is 99.2 Å². The maximum absolute atomic E-state index is 11.7. The molecule has 8 nitrogen and oxygen atoms in total. The molecule has 1 aromatic rings. The standard InChI is InChI=1S/C19H26N6O2S/c26-17-16(28-19(27)24-17)9-14-5-7-21-18(22-14)23-15-4-2-8-25(12-15)11-13-3-1-6-20-10-13/h5,7,9,13,15,20H,1-4,6,8,10-12H2,(H,21,22,23)(H,24,26,27)/b16-9+/t13?,15-/m0/s1. The molecule has 0 radical (unpaired) electrons. The number of amides is 2. The van der Waals surface area contributed by atoms with Crippen LogP contribution >= 0.6 is 11.8 Å². The molecule has 0 aromatic carbocycles. The zero-order valence-electron chi connectivity index (χ0n) is 15.8. The van der Waals surface area contributed by atoms with E-state index in [0.29, 0.717) is 22.6 Å². The molecule has 9 heteroatoms. The van der Waals surface area contributed by atoms with Crippen LogP contribution in [0.25, 0.3) is 6.08 Å². The van der Waals surface area contributed by atoms with E-state index in [1.807, 2.05) is 0 Å². The molecule has 3 fully saturated rings. The summed E-state index contributed by atoms with van der Waals surface area (Å²) in [5, 5.41) is 8.85. The molecule has 4 heterocycles. The average molecular weight is 403 g/mol. The Morgan fingerprint density at radius 2 is 2.25 bits per heavy atom. The van der Waals surface area contributed by atoms with Gasteiger partial charge >= 0.3 is 0 Å². The molecule has 3 aliphatic rings. The van der Waals surface area contributed by atoms with Crippen molar-refractivity contribution in [3.63, 3.8) is 0 Å². The van der Waals surface area contributed by atoms with Crippen molar-refractivity contribution in [2.75, 3.05) is 38.0 Å². The second-order valence-electron chi connectivity index (χ2n) is 7.61. The molecule has 3 N–H and O–H groups in total. The van der Waals surface area contributed by atoms with Gasteiger partial charge < -0.3 is 15.5 Å². The van der Waals surface area contributed by atoms with Crippen LogP contribution in [0.1, 0.15) is 31.4 Å². The summed E-state index contributed by atoms with van der Waals surface area (Å²) in [7, 11) is 0. The minimum absolute atomic E-state index is 0.318. The van der Waals surface area contributed by atoms with Crippen LogP contribution in [0, 0.1) is 5.92 Å². The van der Waals surface area contributed by atoms with Crippen LogP contribution in [0.5, 0.6) is 0 Å². The maximum atomic E-state index is 11.7. The van der Waals surface area contributed by atoms with Crippen LogP contribution in [0.3, 0.4) is 0 Å². The monoisotopic (exact) mass is 402 g/mol. The van der Waals surface area contributed by atoms with Gasteiger partial charge in [-0.15, -0.1) is 0 Å². The first kappa shape index (κ1) is 19.4. The number of likely N-dealkylation sites (tertiary alicyclic amines) is 1. The van der Waals surface area contributed by atoms with E-state index in [0.717, 1.165) is 56.8 Å². The zero-order valence-corrected chi connectivity index (χ0v) is 16.6. The van der Waals surface area contributed by atoms with Crippen LogP contribution in [-0.4, -0.2) is 64.8 Å². The van der Waals surface area contributed by atoms with Gasteiger partial charge in [0.1, 0.15) is 0 Å². The number of hydrogen-bond acceptors (Lipinski definition) is 8. The molecule has 3 aliphatic heterocycles.